The van der Waals surface area contributed by atoms with Crippen LogP contribution in [0.25, 0.3) is 0 Å². The Morgan fingerprint density at radius 2 is 2.43 bits per heavy atom. The highest BCUT2D eigenvalue weighted by Crippen LogP contribution is 2.17. The van der Waals surface area contributed by atoms with Crippen molar-refractivity contribution in [2.75, 3.05) is 26.3 Å². The summed E-state index contributed by atoms with van der Waals surface area (Å²) < 4.78 is 5.36. The van der Waals surface area contributed by atoms with E-state index in [1.54, 1.807) is 4.90 Å². The molecule has 1 rings (SSSR count). The molecule has 0 bridgehead atoms. The summed E-state index contributed by atoms with van der Waals surface area (Å²) in [6.07, 6.45) is 0.566. The first-order valence-electron chi connectivity index (χ1n) is 5.17. The van der Waals surface area contributed by atoms with Gasteiger partial charge in [0, 0.05) is 38.6 Å². The average Bonchev–Trinajstić information content (AvgIpc) is 2.48. The zero-order valence-corrected chi connectivity index (χ0v) is 8.90. The summed E-state index contributed by atoms with van der Waals surface area (Å²) in [5.74, 6) is 0.256. The van der Waals surface area contributed by atoms with Gasteiger partial charge >= 0.3 is 0 Å². The number of amides is 1. The van der Waals surface area contributed by atoms with Gasteiger partial charge in [-0.1, -0.05) is 0 Å². The standard InChI is InChI=1S/C10H19NO3/c1-3-14-8(2)5-11-6-9(7-12)4-10(11)13/h8-9,12H,3-7H2,1-2H3. The Kier molecular flexibility index (Phi) is 4.35. The van der Waals surface area contributed by atoms with Gasteiger partial charge in [0.15, 0.2) is 0 Å². The fourth-order valence-corrected chi connectivity index (χ4v) is 1.80. The van der Waals surface area contributed by atoms with E-state index in [0.29, 0.717) is 26.1 Å². The molecule has 1 aliphatic heterocycles. The molecule has 4 nitrogen and oxygen atoms in total. The van der Waals surface area contributed by atoms with Crippen molar-refractivity contribution in [1.82, 2.24) is 4.90 Å². The predicted octanol–water partition coefficient (Wildman–Crippen LogP) is 0.252. The summed E-state index contributed by atoms with van der Waals surface area (Å²) in [5.41, 5.74) is 0. The topological polar surface area (TPSA) is 49.8 Å². The highest BCUT2D eigenvalue weighted by molar-refractivity contribution is 5.78. The number of aliphatic hydroxyl groups is 1. The van der Waals surface area contributed by atoms with Crippen LogP contribution >= 0.6 is 0 Å². The second kappa shape index (κ2) is 5.32. The lowest BCUT2D eigenvalue weighted by atomic mass is 10.1. The van der Waals surface area contributed by atoms with E-state index < -0.39 is 0 Å². The molecule has 2 atom stereocenters. The number of nitrogens with zero attached hydrogens (tertiary/aromatic N) is 1. The SMILES string of the molecule is CCOC(C)CN1CC(CO)CC1=O. The number of hydrogen-bond acceptors (Lipinski definition) is 3. The average molecular weight is 201 g/mol. The van der Waals surface area contributed by atoms with Gasteiger partial charge in [0.05, 0.1) is 6.10 Å². The molecular formula is C10H19NO3. The van der Waals surface area contributed by atoms with E-state index in [1.807, 2.05) is 13.8 Å². The number of rotatable bonds is 5. The van der Waals surface area contributed by atoms with Gasteiger partial charge in [-0.2, -0.15) is 0 Å². The molecular weight excluding hydrogens is 182 g/mol. The third kappa shape index (κ3) is 2.96. The van der Waals surface area contributed by atoms with Gasteiger partial charge in [0.2, 0.25) is 5.91 Å². The van der Waals surface area contributed by atoms with Crippen LogP contribution in [0, 0.1) is 5.92 Å². The highest BCUT2D eigenvalue weighted by atomic mass is 16.5. The molecule has 0 radical (unpaired) electrons. The van der Waals surface area contributed by atoms with Gasteiger partial charge in [-0.3, -0.25) is 4.79 Å². The van der Waals surface area contributed by atoms with Gasteiger partial charge < -0.3 is 14.7 Å². The maximum Gasteiger partial charge on any atom is 0.223 e. The molecule has 0 aromatic carbocycles. The highest BCUT2D eigenvalue weighted by Gasteiger charge is 2.29. The van der Waals surface area contributed by atoms with Crippen LogP contribution < -0.4 is 0 Å². The summed E-state index contributed by atoms with van der Waals surface area (Å²) >= 11 is 0. The Morgan fingerprint density at radius 3 is 2.93 bits per heavy atom. The summed E-state index contributed by atoms with van der Waals surface area (Å²) in [6.45, 7) is 6.00. The van der Waals surface area contributed by atoms with Crippen LogP contribution in [0.5, 0.6) is 0 Å². The van der Waals surface area contributed by atoms with Gasteiger partial charge in [-0.15, -0.1) is 0 Å². The lowest BCUT2D eigenvalue weighted by Crippen LogP contribution is -2.33. The molecule has 0 saturated carbocycles. The summed E-state index contributed by atoms with van der Waals surface area (Å²) in [6, 6.07) is 0. The monoisotopic (exact) mass is 201 g/mol. The van der Waals surface area contributed by atoms with Gasteiger partial charge in [0.25, 0.3) is 0 Å². The lowest BCUT2D eigenvalue weighted by Gasteiger charge is -2.20. The molecule has 1 saturated heterocycles. The number of ether oxygens (including phenoxy) is 1. The minimum Gasteiger partial charge on any atom is -0.396 e. The zero-order chi connectivity index (χ0) is 10.6. The van der Waals surface area contributed by atoms with Crippen LogP contribution in [0.2, 0.25) is 0 Å². The second-order valence-corrected chi connectivity index (χ2v) is 3.82. The summed E-state index contributed by atoms with van der Waals surface area (Å²) in [5, 5.41) is 8.93. The maximum absolute atomic E-state index is 11.4. The Morgan fingerprint density at radius 1 is 1.71 bits per heavy atom. The number of aliphatic hydroxyl groups excluding tert-OH is 1. The quantitative estimate of drug-likeness (QED) is 0.693. The molecule has 0 aromatic heterocycles. The molecule has 0 spiro atoms. The maximum atomic E-state index is 11.4. The molecule has 1 aliphatic rings. The van der Waals surface area contributed by atoms with E-state index in [4.69, 9.17) is 9.84 Å². The van der Waals surface area contributed by atoms with Crippen LogP contribution in [-0.4, -0.2) is 48.3 Å². The smallest absolute Gasteiger partial charge is 0.223 e. The van der Waals surface area contributed by atoms with E-state index in [0.717, 1.165) is 0 Å². The molecule has 0 aromatic rings. The minimum atomic E-state index is 0.0846. The van der Waals surface area contributed by atoms with E-state index in [-0.39, 0.29) is 24.5 Å². The Hall–Kier alpha value is -0.610. The lowest BCUT2D eigenvalue weighted by molar-refractivity contribution is -0.129. The van der Waals surface area contributed by atoms with E-state index in [2.05, 4.69) is 0 Å². The Labute approximate surface area is 84.8 Å². The molecule has 0 aliphatic carbocycles. The van der Waals surface area contributed by atoms with E-state index >= 15 is 0 Å². The zero-order valence-electron chi connectivity index (χ0n) is 8.90. The van der Waals surface area contributed by atoms with Crippen LogP contribution in [0.3, 0.4) is 0 Å². The van der Waals surface area contributed by atoms with Crippen LogP contribution in [0.4, 0.5) is 0 Å². The van der Waals surface area contributed by atoms with Crippen molar-refractivity contribution in [3.8, 4) is 0 Å². The summed E-state index contributed by atoms with van der Waals surface area (Å²) in [4.78, 5) is 13.2. The van der Waals surface area contributed by atoms with E-state index in [9.17, 15) is 4.79 Å². The van der Waals surface area contributed by atoms with Crippen molar-refractivity contribution < 1.29 is 14.6 Å². The molecule has 2 unspecified atom stereocenters. The normalized spacial score (nSPS) is 24.4. The number of hydrogen-bond donors (Lipinski definition) is 1. The van der Waals surface area contributed by atoms with Crippen molar-refractivity contribution in [2.45, 2.75) is 26.4 Å². The molecule has 1 heterocycles. The number of carbonyl (C=O) groups is 1. The third-order valence-electron chi connectivity index (χ3n) is 2.48. The largest absolute Gasteiger partial charge is 0.396 e. The van der Waals surface area contributed by atoms with Crippen molar-refractivity contribution in [3.63, 3.8) is 0 Å². The van der Waals surface area contributed by atoms with Crippen molar-refractivity contribution in [3.05, 3.63) is 0 Å². The Bertz CT molecular complexity index is 196. The van der Waals surface area contributed by atoms with Crippen LogP contribution in [0.1, 0.15) is 20.3 Å². The fourth-order valence-electron chi connectivity index (χ4n) is 1.80. The minimum absolute atomic E-state index is 0.0846. The molecule has 4 heteroatoms. The van der Waals surface area contributed by atoms with Crippen LogP contribution in [0.15, 0.2) is 0 Å². The molecule has 1 fully saturated rings. The summed E-state index contributed by atoms with van der Waals surface area (Å²) in [7, 11) is 0. The molecule has 14 heavy (non-hydrogen) atoms. The van der Waals surface area contributed by atoms with Crippen molar-refractivity contribution >= 4 is 5.91 Å². The number of carbonyl (C=O) groups excluding carboxylic acids is 1. The third-order valence-corrected chi connectivity index (χ3v) is 2.48. The molecule has 82 valence electrons. The fraction of sp³-hybridized carbons (Fsp3) is 0.900. The molecule has 1 amide bonds. The predicted molar refractivity (Wildman–Crippen MR) is 52.9 cm³/mol. The first-order chi connectivity index (χ1) is 6.67. The Balaban J connectivity index is 2.34. The number of likely N-dealkylation sites (tertiary alicyclic amines) is 1. The van der Waals surface area contributed by atoms with Crippen LogP contribution in [-0.2, 0) is 9.53 Å². The first kappa shape index (κ1) is 11.5. The second-order valence-electron chi connectivity index (χ2n) is 3.82. The first-order valence-corrected chi connectivity index (χ1v) is 5.17. The van der Waals surface area contributed by atoms with Crippen molar-refractivity contribution in [1.29, 1.82) is 0 Å². The van der Waals surface area contributed by atoms with Gasteiger partial charge in [-0.25, -0.2) is 0 Å². The van der Waals surface area contributed by atoms with Gasteiger partial charge in [-0.05, 0) is 13.8 Å². The van der Waals surface area contributed by atoms with Crippen molar-refractivity contribution in [2.24, 2.45) is 5.92 Å². The molecule has 1 N–H and O–H groups in total. The van der Waals surface area contributed by atoms with Gasteiger partial charge in [0.1, 0.15) is 0 Å². The van der Waals surface area contributed by atoms with E-state index in [1.165, 1.54) is 0 Å².